The second-order valence-electron chi connectivity index (χ2n) is 3.86. The maximum Gasteiger partial charge on any atom is 0.573 e. The largest absolute Gasteiger partial charge is 0.573 e. The van der Waals surface area contributed by atoms with E-state index in [0.717, 1.165) is 0 Å². The predicted molar refractivity (Wildman–Crippen MR) is 74.0 cm³/mol. The van der Waals surface area contributed by atoms with Crippen LogP contribution in [0.15, 0.2) is 59.1 Å². The number of halogens is 7. The Morgan fingerprint density at radius 3 is 1.39 bits per heavy atom. The zero-order chi connectivity index (χ0) is 17.5. The summed E-state index contributed by atoms with van der Waals surface area (Å²) in [4.78, 5) is 0. The lowest BCUT2D eigenvalue weighted by Gasteiger charge is -2.07. The lowest BCUT2D eigenvalue weighted by atomic mass is 10.3. The highest BCUT2D eigenvalue weighted by atomic mass is 79.9. The molecule has 9 heteroatoms. The van der Waals surface area contributed by atoms with Crippen LogP contribution in [0.3, 0.4) is 0 Å². The van der Waals surface area contributed by atoms with Crippen LogP contribution in [0.2, 0.25) is 0 Å². The molecule has 0 heterocycles. The van der Waals surface area contributed by atoms with Gasteiger partial charge in [-0.25, -0.2) is 0 Å². The zero-order valence-corrected chi connectivity index (χ0v) is 12.7. The lowest BCUT2D eigenvalue weighted by molar-refractivity contribution is -0.275. The SMILES string of the molecule is FC(F)(F)Oc1ccc(Br)cc1.FC(F)(F)Oc1ccccc1. The van der Waals surface area contributed by atoms with Crippen molar-refractivity contribution >= 4 is 15.9 Å². The minimum Gasteiger partial charge on any atom is -0.406 e. The van der Waals surface area contributed by atoms with Crippen molar-refractivity contribution in [3.63, 3.8) is 0 Å². The molecule has 0 amide bonds. The minimum absolute atomic E-state index is 0.194. The first-order valence-corrected chi connectivity index (χ1v) is 6.66. The monoisotopic (exact) mass is 402 g/mol. The number of hydrogen-bond acceptors (Lipinski definition) is 2. The Morgan fingerprint density at radius 2 is 1.00 bits per heavy atom. The fourth-order valence-electron chi connectivity index (χ4n) is 1.26. The van der Waals surface area contributed by atoms with Crippen molar-refractivity contribution in [3.05, 3.63) is 59.1 Å². The molecule has 0 aliphatic rings. The Balaban J connectivity index is 0.000000231. The molecule has 126 valence electrons. The molecule has 0 aromatic heterocycles. The van der Waals surface area contributed by atoms with Crippen molar-refractivity contribution < 1.29 is 35.8 Å². The first-order valence-electron chi connectivity index (χ1n) is 5.87. The highest BCUT2D eigenvalue weighted by molar-refractivity contribution is 9.10. The maximum atomic E-state index is 11.6. The Kier molecular flexibility index (Phi) is 6.74. The van der Waals surface area contributed by atoms with Crippen molar-refractivity contribution in [1.82, 2.24) is 0 Å². The van der Waals surface area contributed by atoms with Crippen molar-refractivity contribution in [2.45, 2.75) is 12.7 Å². The van der Waals surface area contributed by atoms with Gasteiger partial charge in [0.1, 0.15) is 11.5 Å². The molecule has 23 heavy (non-hydrogen) atoms. The first kappa shape index (κ1) is 19.1. The number of benzene rings is 2. The standard InChI is InChI=1S/C7H4BrF3O.C7H5F3O/c8-5-1-3-6(4-2-5)12-7(9,10)11;8-7(9,10)11-6-4-2-1-3-5-6/h1-4H;1-5H. The summed E-state index contributed by atoms with van der Waals surface area (Å²) in [5, 5.41) is 0. The van der Waals surface area contributed by atoms with Crippen molar-refractivity contribution in [2.24, 2.45) is 0 Å². The molecular formula is C14H9BrF6O2. The molecule has 2 aromatic rings. The van der Waals surface area contributed by atoms with Crippen LogP contribution >= 0.6 is 15.9 Å². The predicted octanol–water partition coefficient (Wildman–Crippen LogP) is 5.93. The van der Waals surface area contributed by atoms with E-state index in [9.17, 15) is 26.3 Å². The van der Waals surface area contributed by atoms with E-state index in [0.29, 0.717) is 4.47 Å². The van der Waals surface area contributed by atoms with E-state index >= 15 is 0 Å². The van der Waals surface area contributed by atoms with Gasteiger partial charge in [-0.05, 0) is 36.4 Å². The lowest BCUT2D eigenvalue weighted by Crippen LogP contribution is -2.16. The minimum atomic E-state index is -4.62. The molecule has 2 nitrogen and oxygen atoms in total. The van der Waals surface area contributed by atoms with E-state index in [1.54, 1.807) is 6.07 Å². The molecule has 2 rings (SSSR count). The average molecular weight is 403 g/mol. The molecule has 0 bridgehead atoms. The topological polar surface area (TPSA) is 18.5 Å². The number of hydrogen-bond donors (Lipinski definition) is 0. The summed E-state index contributed by atoms with van der Waals surface area (Å²) < 4.78 is 77.3. The van der Waals surface area contributed by atoms with Gasteiger partial charge in [-0.1, -0.05) is 34.1 Å². The highest BCUT2D eigenvalue weighted by Crippen LogP contribution is 2.24. The molecule has 0 aliphatic heterocycles. The van der Waals surface area contributed by atoms with Crippen LogP contribution in [-0.4, -0.2) is 12.7 Å². The van der Waals surface area contributed by atoms with E-state index < -0.39 is 12.7 Å². The summed E-state index contributed by atoms with van der Waals surface area (Å²) in [6.45, 7) is 0. The fourth-order valence-corrected chi connectivity index (χ4v) is 1.52. The van der Waals surface area contributed by atoms with Gasteiger partial charge in [0.15, 0.2) is 0 Å². The van der Waals surface area contributed by atoms with Crippen molar-refractivity contribution in [3.8, 4) is 11.5 Å². The van der Waals surface area contributed by atoms with E-state index in [1.807, 2.05) is 0 Å². The molecule has 0 atom stereocenters. The first-order chi connectivity index (χ1) is 10.6. The molecule has 0 spiro atoms. The van der Waals surface area contributed by atoms with Crippen LogP contribution in [0.4, 0.5) is 26.3 Å². The van der Waals surface area contributed by atoms with Gasteiger partial charge in [-0.2, -0.15) is 0 Å². The van der Waals surface area contributed by atoms with Crippen LogP contribution < -0.4 is 9.47 Å². The van der Waals surface area contributed by atoms with E-state index in [2.05, 4.69) is 25.4 Å². The smallest absolute Gasteiger partial charge is 0.406 e. The normalized spacial score (nSPS) is 11.3. The summed E-state index contributed by atoms with van der Waals surface area (Å²) in [5.74, 6) is -0.411. The van der Waals surface area contributed by atoms with Crippen LogP contribution in [0.5, 0.6) is 11.5 Å². The number of alkyl halides is 6. The Morgan fingerprint density at radius 1 is 0.609 bits per heavy atom. The fraction of sp³-hybridized carbons (Fsp3) is 0.143. The third kappa shape index (κ3) is 9.67. The van der Waals surface area contributed by atoms with Gasteiger partial charge in [0.05, 0.1) is 0 Å². The van der Waals surface area contributed by atoms with E-state index in [4.69, 9.17) is 0 Å². The molecule has 0 saturated heterocycles. The van der Waals surface area contributed by atoms with Crippen LogP contribution in [-0.2, 0) is 0 Å². The molecule has 0 aliphatic carbocycles. The van der Waals surface area contributed by atoms with Crippen LogP contribution in [0.1, 0.15) is 0 Å². The molecule has 0 N–H and O–H groups in total. The van der Waals surface area contributed by atoms with Gasteiger partial charge >= 0.3 is 12.7 Å². The molecule has 2 aromatic carbocycles. The van der Waals surface area contributed by atoms with Gasteiger partial charge < -0.3 is 9.47 Å². The molecule has 0 fully saturated rings. The Bertz CT molecular complexity index is 581. The van der Waals surface area contributed by atoms with Gasteiger partial charge in [-0.15, -0.1) is 26.3 Å². The Hall–Kier alpha value is -1.90. The average Bonchev–Trinajstić information content (AvgIpc) is 2.40. The summed E-state index contributed by atoms with van der Waals surface area (Å²) >= 11 is 3.09. The Labute approximate surface area is 135 Å². The maximum absolute atomic E-state index is 11.6. The van der Waals surface area contributed by atoms with E-state index in [-0.39, 0.29) is 11.5 Å². The van der Waals surface area contributed by atoms with Crippen molar-refractivity contribution in [2.75, 3.05) is 0 Å². The number of para-hydroxylation sites is 1. The van der Waals surface area contributed by atoms with E-state index in [1.165, 1.54) is 48.5 Å². The van der Waals surface area contributed by atoms with Crippen LogP contribution in [0, 0.1) is 0 Å². The van der Waals surface area contributed by atoms with Gasteiger partial charge in [-0.3, -0.25) is 0 Å². The molecule has 0 radical (unpaired) electrons. The van der Waals surface area contributed by atoms with Crippen molar-refractivity contribution in [1.29, 1.82) is 0 Å². The quantitative estimate of drug-likeness (QED) is 0.579. The second kappa shape index (κ2) is 8.09. The third-order valence-corrected chi connectivity index (χ3v) is 2.55. The third-order valence-electron chi connectivity index (χ3n) is 2.02. The molecule has 0 saturated carbocycles. The molecule has 0 unspecified atom stereocenters. The summed E-state index contributed by atoms with van der Waals surface area (Å²) in [7, 11) is 0. The number of ether oxygens (including phenoxy) is 2. The second-order valence-corrected chi connectivity index (χ2v) is 4.78. The van der Waals surface area contributed by atoms with Gasteiger partial charge in [0, 0.05) is 4.47 Å². The summed E-state index contributed by atoms with van der Waals surface area (Å²) in [5.41, 5.74) is 0. The summed E-state index contributed by atoms with van der Waals surface area (Å²) in [6.07, 6.45) is -9.21. The highest BCUT2D eigenvalue weighted by Gasteiger charge is 2.31. The van der Waals surface area contributed by atoms with Crippen LogP contribution in [0.25, 0.3) is 0 Å². The molecular weight excluding hydrogens is 394 g/mol. The van der Waals surface area contributed by atoms with Gasteiger partial charge in [0.2, 0.25) is 0 Å². The van der Waals surface area contributed by atoms with Gasteiger partial charge in [0.25, 0.3) is 0 Å². The summed E-state index contributed by atoms with van der Waals surface area (Å²) in [6, 6.07) is 12.5. The number of rotatable bonds is 2. The zero-order valence-electron chi connectivity index (χ0n) is 11.2.